The van der Waals surface area contributed by atoms with Crippen LogP contribution in [0.4, 0.5) is 13.2 Å². The summed E-state index contributed by atoms with van der Waals surface area (Å²) in [6.07, 6.45) is -0.228. The average molecular weight is 509 g/mol. The standard InChI is InChI=1S/C25H24ClF3N2O4/c26-21-11-18(25(27,28)29)12-30-23(21)16-9-17-13-31(14-19-3-1-6-32-19)5-8-34-24(17)22(10-16)35-15-20-4-2-7-33-20/h1,3,6,9-12,20H,2,4-5,7-8,13-15H2. The minimum Gasteiger partial charge on any atom is -0.488 e. The summed E-state index contributed by atoms with van der Waals surface area (Å²) in [4.78, 5) is 6.21. The smallest absolute Gasteiger partial charge is 0.417 e. The van der Waals surface area contributed by atoms with Crippen LogP contribution in [0, 0.1) is 0 Å². The van der Waals surface area contributed by atoms with Crippen molar-refractivity contribution < 1.29 is 31.8 Å². The fraction of sp³-hybridized carbons (Fsp3) is 0.400. The molecule has 1 saturated heterocycles. The zero-order valence-electron chi connectivity index (χ0n) is 18.8. The van der Waals surface area contributed by atoms with Gasteiger partial charge >= 0.3 is 6.18 Å². The van der Waals surface area contributed by atoms with Gasteiger partial charge in [-0.15, -0.1) is 0 Å². The molecule has 10 heteroatoms. The third kappa shape index (κ3) is 5.58. The fourth-order valence-electron chi connectivity index (χ4n) is 4.30. The van der Waals surface area contributed by atoms with E-state index in [4.69, 9.17) is 30.2 Å². The van der Waals surface area contributed by atoms with Crippen LogP contribution in [-0.4, -0.2) is 42.4 Å². The normalized spacial score (nSPS) is 18.7. The Morgan fingerprint density at radius 1 is 1.20 bits per heavy atom. The lowest BCUT2D eigenvalue weighted by Crippen LogP contribution is -2.25. The zero-order valence-corrected chi connectivity index (χ0v) is 19.6. The molecule has 0 bridgehead atoms. The molecule has 5 rings (SSSR count). The van der Waals surface area contributed by atoms with Crippen molar-refractivity contribution in [2.45, 2.75) is 38.2 Å². The van der Waals surface area contributed by atoms with Gasteiger partial charge in [0.1, 0.15) is 19.0 Å². The van der Waals surface area contributed by atoms with Gasteiger partial charge in [-0.2, -0.15) is 13.2 Å². The Kier molecular flexibility index (Phi) is 6.91. The SMILES string of the molecule is FC(F)(F)c1cnc(-c2cc3c(c(OCC4CCCO4)c2)OCCN(Cc2ccco2)C3)c(Cl)c1. The molecule has 0 spiro atoms. The van der Waals surface area contributed by atoms with Gasteiger partial charge < -0.3 is 18.6 Å². The number of pyridine rings is 1. The Morgan fingerprint density at radius 2 is 2.09 bits per heavy atom. The van der Waals surface area contributed by atoms with E-state index < -0.39 is 11.7 Å². The molecular weight excluding hydrogens is 485 g/mol. The molecule has 0 amide bonds. The first-order chi connectivity index (χ1) is 16.9. The van der Waals surface area contributed by atoms with Crippen LogP contribution in [-0.2, 0) is 24.0 Å². The van der Waals surface area contributed by atoms with Crippen LogP contribution in [0.1, 0.15) is 29.7 Å². The first-order valence-electron chi connectivity index (χ1n) is 11.4. The topological polar surface area (TPSA) is 57.0 Å². The summed E-state index contributed by atoms with van der Waals surface area (Å²) in [5, 5.41) is -0.0909. The maximum absolute atomic E-state index is 13.1. The molecule has 1 fully saturated rings. The van der Waals surface area contributed by atoms with E-state index in [9.17, 15) is 13.2 Å². The van der Waals surface area contributed by atoms with Gasteiger partial charge in [0.25, 0.3) is 0 Å². The molecule has 2 aliphatic heterocycles. The van der Waals surface area contributed by atoms with Crippen molar-refractivity contribution >= 4 is 11.6 Å². The van der Waals surface area contributed by atoms with Gasteiger partial charge in [0.05, 0.1) is 35.2 Å². The second-order valence-corrected chi connectivity index (χ2v) is 9.01. The van der Waals surface area contributed by atoms with Crippen molar-refractivity contribution in [3.05, 3.63) is 64.7 Å². The Balaban J connectivity index is 1.49. The summed E-state index contributed by atoms with van der Waals surface area (Å²) >= 11 is 6.26. The van der Waals surface area contributed by atoms with E-state index >= 15 is 0 Å². The third-order valence-electron chi connectivity index (χ3n) is 6.03. The minimum absolute atomic E-state index is 0.0108. The molecule has 186 valence electrons. The lowest BCUT2D eigenvalue weighted by molar-refractivity contribution is -0.137. The molecule has 0 radical (unpaired) electrons. The highest BCUT2D eigenvalue weighted by Crippen LogP contribution is 2.41. The van der Waals surface area contributed by atoms with Crippen LogP contribution in [0.2, 0.25) is 5.02 Å². The average Bonchev–Trinajstić information content (AvgIpc) is 3.48. The fourth-order valence-corrected chi connectivity index (χ4v) is 4.58. The quantitative estimate of drug-likeness (QED) is 0.409. The summed E-state index contributed by atoms with van der Waals surface area (Å²) < 4.78 is 62.7. The highest BCUT2D eigenvalue weighted by molar-refractivity contribution is 6.33. The number of fused-ring (bicyclic) bond motifs is 1. The molecule has 35 heavy (non-hydrogen) atoms. The van der Waals surface area contributed by atoms with Crippen molar-refractivity contribution in [3.8, 4) is 22.8 Å². The highest BCUT2D eigenvalue weighted by atomic mass is 35.5. The number of nitrogens with zero attached hydrogens (tertiary/aromatic N) is 2. The van der Waals surface area contributed by atoms with Gasteiger partial charge in [-0.3, -0.25) is 9.88 Å². The maximum Gasteiger partial charge on any atom is 0.417 e. The number of halogens is 4. The zero-order chi connectivity index (χ0) is 24.4. The van der Waals surface area contributed by atoms with Crippen molar-refractivity contribution in [2.24, 2.45) is 0 Å². The molecular formula is C25H24ClF3N2O4. The van der Waals surface area contributed by atoms with Crippen molar-refractivity contribution in [1.29, 1.82) is 0 Å². The molecule has 0 N–H and O–H groups in total. The first-order valence-corrected chi connectivity index (χ1v) is 11.8. The number of alkyl halides is 3. The van der Waals surface area contributed by atoms with Crippen LogP contribution in [0.3, 0.4) is 0 Å². The van der Waals surface area contributed by atoms with Gasteiger partial charge in [0.2, 0.25) is 0 Å². The van der Waals surface area contributed by atoms with Crippen LogP contribution in [0.5, 0.6) is 11.5 Å². The lowest BCUT2D eigenvalue weighted by Gasteiger charge is -2.20. The largest absolute Gasteiger partial charge is 0.488 e. The molecule has 1 unspecified atom stereocenters. The molecule has 1 atom stereocenters. The summed E-state index contributed by atoms with van der Waals surface area (Å²) in [5.41, 5.74) is 0.718. The Morgan fingerprint density at radius 3 is 2.80 bits per heavy atom. The van der Waals surface area contributed by atoms with Crippen molar-refractivity contribution in [1.82, 2.24) is 9.88 Å². The van der Waals surface area contributed by atoms with E-state index in [1.165, 1.54) is 0 Å². The third-order valence-corrected chi connectivity index (χ3v) is 6.32. The summed E-state index contributed by atoms with van der Waals surface area (Å²) in [5.74, 6) is 1.93. The van der Waals surface area contributed by atoms with Gasteiger partial charge in [-0.25, -0.2) is 0 Å². The molecule has 0 aliphatic carbocycles. The molecule has 2 aromatic heterocycles. The van der Waals surface area contributed by atoms with E-state index in [0.29, 0.717) is 56.5 Å². The van der Waals surface area contributed by atoms with Gasteiger partial charge in [0, 0.05) is 37.0 Å². The van der Waals surface area contributed by atoms with Crippen molar-refractivity contribution in [3.63, 3.8) is 0 Å². The van der Waals surface area contributed by atoms with E-state index in [-0.39, 0.29) is 16.8 Å². The number of hydrogen-bond acceptors (Lipinski definition) is 6. The number of hydrogen-bond donors (Lipinski definition) is 0. The molecule has 0 saturated carbocycles. The van der Waals surface area contributed by atoms with E-state index in [1.807, 2.05) is 18.2 Å². The van der Waals surface area contributed by atoms with E-state index in [2.05, 4.69) is 9.88 Å². The summed E-state index contributed by atoms with van der Waals surface area (Å²) in [6, 6.07) is 8.20. The predicted octanol–water partition coefficient (Wildman–Crippen LogP) is 5.97. The predicted molar refractivity (Wildman–Crippen MR) is 122 cm³/mol. The molecule has 3 aromatic rings. The maximum atomic E-state index is 13.1. The van der Waals surface area contributed by atoms with E-state index in [0.717, 1.165) is 36.4 Å². The van der Waals surface area contributed by atoms with Gasteiger partial charge in [-0.05, 0) is 43.2 Å². The monoisotopic (exact) mass is 508 g/mol. The van der Waals surface area contributed by atoms with Gasteiger partial charge in [0.15, 0.2) is 11.5 Å². The molecule has 2 aliphatic rings. The number of ether oxygens (including phenoxy) is 3. The van der Waals surface area contributed by atoms with E-state index in [1.54, 1.807) is 12.3 Å². The van der Waals surface area contributed by atoms with Crippen LogP contribution >= 0.6 is 11.6 Å². The highest BCUT2D eigenvalue weighted by Gasteiger charge is 2.32. The Hall–Kier alpha value is -2.75. The number of furan rings is 1. The molecule has 1 aromatic carbocycles. The van der Waals surface area contributed by atoms with Crippen molar-refractivity contribution in [2.75, 3.05) is 26.4 Å². The Bertz CT molecular complexity index is 1160. The second kappa shape index (κ2) is 10.1. The number of aromatic nitrogens is 1. The van der Waals surface area contributed by atoms with Crippen LogP contribution < -0.4 is 9.47 Å². The van der Waals surface area contributed by atoms with Gasteiger partial charge in [-0.1, -0.05) is 11.6 Å². The minimum atomic E-state index is -4.53. The summed E-state index contributed by atoms with van der Waals surface area (Å²) in [7, 11) is 0. The lowest BCUT2D eigenvalue weighted by atomic mass is 10.0. The van der Waals surface area contributed by atoms with Crippen LogP contribution in [0.25, 0.3) is 11.3 Å². The molecule has 4 heterocycles. The number of benzene rings is 1. The number of rotatable bonds is 6. The van der Waals surface area contributed by atoms with Crippen LogP contribution in [0.15, 0.2) is 47.2 Å². The molecule has 6 nitrogen and oxygen atoms in total. The second-order valence-electron chi connectivity index (χ2n) is 8.60. The first kappa shape index (κ1) is 24.0. The summed E-state index contributed by atoms with van der Waals surface area (Å²) in [6.45, 7) is 3.28. The Labute approximate surface area is 205 Å².